The zero-order chi connectivity index (χ0) is 10.4. The Balaban J connectivity index is 0. The molecule has 0 radical (unpaired) electrons. The van der Waals surface area contributed by atoms with E-state index in [4.69, 9.17) is 0 Å². The Morgan fingerprint density at radius 2 is 1.00 bits per heavy atom. The van der Waals surface area contributed by atoms with Crippen LogP contribution in [0.5, 0.6) is 0 Å². The van der Waals surface area contributed by atoms with E-state index in [0.29, 0.717) is 45.2 Å². The first-order valence-corrected chi connectivity index (χ1v) is 6.82. The first-order chi connectivity index (χ1) is 5.16. The SMILES string of the molecule is BrCCBr.FC(F)(I)C(F)(F)I. The van der Waals surface area contributed by atoms with Crippen LogP contribution in [0.4, 0.5) is 17.6 Å². The minimum absolute atomic E-state index is 0.393. The van der Waals surface area contributed by atoms with Crippen LogP contribution in [0.2, 0.25) is 0 Å². The second-order valence-corrected chi connectivity index (χ2v) is 5.67. The normalized spacial score (nSPS) is 12.0. The van der Waals surface area contributed by atoms with Gasteiger partial charge in [-0.15, -0.1) is 0 Å². The lowest BCUT2D eigenvalue weighted by Gasteiger charge is -2.13. The van der Waals surface area contributed by atoms with Gasteiger partial charge < -0.3 is 0 Å². The fourth-order valence-electron chi connectivity index (χ4n) is 0. The molecule has 0 nitrogen and oxygen atoms in total. The second-order valence-electron chi connectivity index (χ2n) is 1.37. The standard InChI is InChI=1S/C2H4Br2.C2F4I2/c3-1-2-4;3-1(4,7)2(5,6)8/h1-2H2;. The van der Waals surface area contributed by atoms with Crippen LogP contribution in [0.1, 0.15) is 0 Å². The molecule has 0 fully saturated rings. The third-order valence-electron chi connectivity index (χ3n) is 0.393. The number of hydrogen-bond acceptors (Lipinski definition) is 0. The smallest absolute Gasteiger partial charge is 0.187 e. The van der Waals surface area contributed by atoms with Crippen molar-refractivity contribution < 1.29 is 17.6 Å². The molecule has 0 aromatic heterocycles. The van der Waals surface area contributed by atoms with Crippen molar-refractivity contribution >= 4 is 77.0 Å². The van der Waals surface area contributed by atoms with Gasteiger partial charge in [-0.2, -0.15) is 17.6 Å². The van der Waals surface area contributed by atoms with Crippen molar-refractivity contribution in [3.8, 4) is 0 Å². The van der Waals surface area contributed by atoms with Gasteiger partial charge >= 0.3 is 7.86 Å². The van der Waals surface area contributed by atoms with Gasteiger partial charge in [-0.05, 0) is 0 Å². The lowest BCUT2D eigenvalue weighted by Crippen LogP contribution is -2.27. The van der Waals surface area contributed by atoms with Crippen LogP contribution in [-0.4, -0.2) is 18.5 Å². The Hall–Kier alpha value is 2.14. The molecule has 0 aromatic rings. The summed E-state index contributed by atoms with van der Waals surface area (Å²) in [6.45, 7) is 0. The van der Waals surface area contributed by atoms with Gasteiger partial charge in [-0.3, -0.25) is 0 Å². The third-order valence-corrected chi connectivity index (χ3v) is 4.64. The highest BCUT2D eigenvalue weighted by atomic mass is 127. The summed E-state index contributed by atoms with van der Waals surface area (Å²) in [5.74, 6) is 0. The van der Waals surface area contributed by atoms with Crippen LogP contribution in [0.15, 0.2) is 0 Å². The van der Waals surface area contributed by atoms with Crippen molar-refractivity contribution in [2.24, 2.45) is 0 Å². The summed E-state index contributed by atoms with van der Waals surface area (Å²) in [6.07, 6.45) is 0. The molecule has 0 unspecified atom stereocenters. The molecule has 0 atom stereocenters. The largest absolute Gasteiger partial charge is 0.367 e. The van der Waals surface area contributed by atoms with E-state index in [-0.39, 0.29) is 0 Å². The van der Waals surface area contributed by atoms with Crippen molar-refractivity contribution in [3.63, 3.8) is 0 Å². The minimum atomic E-state index is -3.94. The van der Waals surface area contributed by atoms with Crippen LogP contribution >= 0.6 is 77.0 Å². The topological polar surface area (TPSA) is 0 Å². The molecule has 0 aliphatic heterocycles. The van der Waals surface area contributed by atoms with Gasteiger partial charge in [-0.25, -0.2) is 0 Å². The Kier molecular flexibility index (Phi) is 10.3. The van der Waals surface area contributed by atoms with Gasteiger partial charge in [0, 0.05) is 55.8 Å². The fraction of sp³-hybridized carbons (Fsp3) is 1.00. The minimum Gasteiger partial charge on any atom is -0.187 e. The van der Waals surface area contributed by atoms with E-state index in [1.54, 1.807) is 0 Å². The summed E-state index contributed by atoms with van der Waals surface area (Å²) in [6, 6.07) is 0. The Morgan fingerprint density at radius 1 is 0.833 bits per heavy atom. The predicted molar refractivity (Wildman–Crippen MR) is 65.5 cm³/mol. The molecule has 0 amide bonds. The van der Waals surface area contributed by atoms with Crippen molar-refractivity contribution in [2.45, 2.75) is 7.86 Å². The number of rotatable bonds is 2. The maximum atomic E-state index is 11.5. The Labute approximate surface area is 112 Å². The molecule has 76 valence electrons. The molecule has 0 rings (SSSR count). The van der Waals surface area contributed by atoms with E-state index in [1.165, 1.54) is 0 Å². The van der Waals surface area contributed by atoms with Crippen LogP contribution in [0, 0.1) is 0 Å². The molecular formula is C4H4Br2F4I2. The highest BCUT2D eigenvalue weighted by Gasteiger charge is 2.51. The molecule has 0 heterocycles. The molecule has 0 aromatic carbocycles. The van der Waals surface area contributed by atoms with Gasteiger partial charge in [0.05, 0.1) is 0 Å². The van der Waals surface area contributed by atoms with E-state index in [9.17, 15) is 17.6 Å². The summed E-state index contributed by atoms with van der Waals surface area (Å²) in [7, 11) is 0. The van der Waals surface area contributed by atoms with Crippen molar-refractivity contribution in [1.29, 1.82) is 0 Å². The van der Waals surface area contributed by atoms with Crippen molar-refractivity contribution in [3.05, 3.63) is 0 Å². The first-order valence-electron chi connectivity index (χ1n) is 2.42. The lowest BCUT2D eigenvalue weighted by atomic mass is 10.8. The molecule has 0 saturated heterocycles. The molecule has 8 heteroatoms. The average Bonchev–Trinajstić information content (AvgIpc) is 1.84. The number of alkyl halides is 8. The molecule has 0 N–H and O–H groups in total. The Morgan fingerprint density at radius 3 is 1.00 bits per heavy atom. The summed E-state index contributed by atoms with van der Waals surface area (Å²) in [5.41, 5.74) is 0. The van der Waals surface area contributed by atoms with Crippen molar-refractivity contribution in [1.82, 2.24) is 0 Å². The Bertz CT molecular complexity index is 96.6. The molecule has 0 bridgehead atoms. The van der Waals surface area contributed by atoms with E-state index in [1.807, 2.05) is 0 Å². The predicted octanol–water partition coefficient (Wildman–Crippen LogP) is 4.82. The van der Waals surface area contributed by atoms with Gasteiger partial charge in [0.15, 0.2) is 0 Å². The second kappa shape index (κ2) is 7.43. The van der Waals surface area contributed by atoms with Gasteiger partial charge in [-0.1, -0.05) is 31.9 Å². The monoisotopic (exact) mass is 540 g/mol. The molecule has 0 aliphatic carbocycles. The van der Waals surface area contributed by atoms with E-state index < -0.39 is 7.86 Å². The van der Waals surface area contributed by atoms with Gasteiger partial charge in [0.1, 0.15) is 0 Å². The van der Waals surface area contributed by atoms with Crippen LogP contribution in [0.25, 0.3) is 0 Å². The molecule has 0 aliphatic rings. The maximum absolute atomic E-state index is 11.5. The van der Waals surface area contributed by atoms with E-state index in [0.717, 1.165) is 10.7 Å². The van der Waals surface area contributed by atoms with Crippen LogP contribution in [-0.2, 0) is 0 Å². The summed E-state index contributed by atoms with van der Waals surface area (Å²) in [5, 5.41) is 2.10. The first kappa shape index (κ1) is 16.6. The van der Waals surface area contributed by atoms with Gasteiger partial charge in [0.2, 0.25) is 0 Å². The summed E-state index contributed by atoms with van der Waals surface area (Å²) >= 11 is 7.19. The van der Waals surface area contributed by atoms with E-state index in [2.05, 4.69) is 31.9 Å². The number of hydrogen-bond donors (Lipinski definition) is 0. The number of halogens is 8. The summed E-state index contributed by atoms with van der Waals surface area (Å²) in [4.78, 5) is 0. The average molecular weight is 542 g/mol. The van der Waals surface area contributed by atoms with Gasteiger partial charge in [0.25, 0.3) is 0 Å². The molecule has 0 saturated carbocycles. The highest BCUT2D eigenvalue weighted by Crippen LogP contribution is 2.44. The molecule has 0 spiro atoms. The fourth-order valence-corrected chi connectivity index (χ4v) is 0. The molecular weight excluding hydrogens is 538 g/mol. The molecule has 12 heavy (non-hydrogen) atoms. The summed E-state index contributed by atoms with van der Waals surface area (Å²) < 4.78 is 38.0. The highest BCUT2D eigenvalue weighted by molar-refractivity contribution is 14.1. The quantitative estimate of drug-likeness (QED) is 0.267. The zero-order valence-electron chi connectivity index (χ0n) is 5.44. The van der Waals surface area contributed by atoms with Crippen LogP contribution in [0.3, 0.4) is 0 Å². The lowest BCUT2D eigenvalue weighted by molar-refractivity contribution is -0.0561. The maximum Gasteiger partial charge on any atom is 0.367 e. The zero-order valence-corrected chi connectivity index (χ0v) is 12.9. The van der Waals surface area contributed by atoms with Crippen molar-refractivity contribution in [2.75, 3.05) is 10.7 Å². The van der Waals surface area contributed by atoms with Crippen LogP contribution < -0.4 is 0 Å². The van der Waals surface area contributed by atoms with E-state index >= 15 is 0 Å². The third kappa shape index (κ3) is 10.2.